The average molecular weight is 364 g/mol. The Morgan fingerprint density at radius 1 is 1.11 bits per heavy atom. The molecule has 0 atom stereocenters. The van der Waals surface area contributed by atoms with Crippen molar-refractivity contribution in [2.24, 2.45) is 0 Å². The first-order chi connectivity index (χ1) is 13.2. The van der Waals surface area contributed by atoms with Crippen LogP contribution in [-0.4, -0.2) is 24.5 Å². The molecule has 1 amide bonds. The lowest BCUT2D eigenvalue weighted by atomic mass is 10.1. The van der Waals surface area contributed by atoms with Gasteiger partial charge in [-0.25, -0.2) is 4.98 Å². The molecular weight excluding hydrogens is 340 g/mol. The number of carbonyl (C=O) groups is 1. The number of amides is 1. The summed E-state index contributed by atoms with van der Waals surface area (Å²) in [7, 11) is 1.63. The fourth-order valence-electron chi connectivity index (χ4n) is 2.85. The molecule has 0 radical (unpaired) electrons. The molecule has 3 rings (SSSR count). The summed E-state index contributed by atoms with van der Waals surface area (Å²) in [5.41, 5.74) is 3.43. The molecular formula is C22H24N2O3. The van der Waals surface area contributed by atoms with E-state index in [4.69, 9.17) is 9.15 Å². The standard InChI is InChI=1S/C22H24N2O3/c1-16-5-3-4-6-17(16)13-14-23-21(25)11-12-22-24-15-20(27-22)18-7-9-19(26-2)10-8-18/h3-10,15H,11-14H2,1-2H3,(H,23,25). The van der Waals surface area contributed by atoms with Gasteiger partial charge in [0, 0.05) is 24.9 Å². The van der Waals surface area contributed by atoms with Crippen molar-refractivity contribution >= 4 is 5.91 Å². The van der Waals surface area contributed by atoms with Crippen LogP contribution >= 0.6 is 0 Å². The van der Waals surface area contributed by atoms with Crippen LogP contribution in [-0.2, 0) is 17.6 Å². The predicted octanol–water partition coefficient (Wildman–Crippen LogP) is 3.95. The largest absolute Gasteiger partial charge is 0.497 e. The first-order valence-electron chi connectivity index (χ1n) is 9.06. The first-order valence-corrected chi connectivity index (χ1v) is 9.06. The average Bonchev–Trinajstić information content (AvgIpc) is 3.17. The quantitative estimate of drug-likeness (QED) is 0.657. The Kier molecular flexibility index (Phi) is 6.26. The fourth-order valence-corrected chi connectivity index (χ4v) is 2.85. The van der Waals surface area contributed by atoms with Crippen molar-refractivity contribution in [3.05, 3.63) is 71.7 Å². The number of aromatic nitrogens is 1. The maximum Gasteiger partial charge on any atom is 0.220 e. The Morgan fingerprint density at radius 3 is 2.63 bits per heavy atom. The summed E-state index contributed by atoms with van der Waals surface area (Å²) in [5.74, 6) is 2.05. The molecule has 5 heteroatoms. The monoisotopic (exact) mass is 364 g/mol. The molecule has 1 N–H and O–H groups in total. The number of aryl methyl sites for hydroxylation is 2. The van der Waals surface area contributed by atoms with Crippen LogP contribution in [0.1, 0.15) is 23.4 Å². The van der Waals surface area contributed by atoms with E-state index in [9.17, 15) is 4.79 Å². The molecule has 0 bridgehead atoms. The van der Waals surface area contributed by atoms with Gasteiger partial charge < -0.3 is 14.5 Å². The van der Waals surface area contributed by atoms with Crippen LogP contribution in [0.2, 0.25) is 0 Å². The Morgan fingerprint density at radius 2 is 1.89 bits per heavy atom. The zero-order chi connectivity index (χ0) is 19.1. The molecule has 0 saturated heterocycles. The van der Waals surface area contributed by atoms with Crippen molar-refractivity contribution in [1.29, 1.82) is 0 Å². The molecule has 0 spiro atoms. The third-order valence-electron chi connectivity index (χ3n) is 4.47. The third-order valence-corrected chi connectivity index (χ3v) is 4.47. The van der Waals surface area contributed by atoms with E-state index in [2.05, 4.69) is 29.4 Å². The predicted molar refractivity (Wildman–Crippen MR) is 105 cm³/mol. The van der Waals surface area contributed by atoms with E-state index in [1.165, 1.54) is 11.1 Å². The van der Waals surface area contributed by atoms with Crippen molar-refractivity contribution in [1.82, 2.24) is 10.3 Å². The van der Waals surface area contributed by atoms with Crippen LogP contribution in [0.25, 0.3) is 11.3 Å². The van der Waals surface area contributed by atoms with E-state index in [0.29, 0.717) is 31.0 Å². The number of oxazole rings is 1. The molecule has 27 heavy (non-hydrogen) atoms. The highest BCUT2D eigenvalue weighted by Gasteiger charge is 2.09. The molecule has 1 heterocycles. The van der Waals surface area contributed by atoms with E-state index in [1.54, 1.807) is 13.3 Å². The highest BCUT2D eigenvalue weighted by molar-refractivity contribution is 5.76. The van der Waals surface area contributed by atoms with Gasteiger partial charge in [0.25, 0.3) is 0 Å². The van der Waals surface area contributed by atoms with Gasteiger partial charge in [-0.15, -0.1) is 0 Å². The van der Waals surface area contributed by atoms with E-state index < -0.39 is 0 Å². The lowest BCUT2D eigenvalue weighted by Crippen LogP contribution is -2.26. The van der Waals surface area contributed by atoms with Crippen LogP contribution in [0.3, 0.4) is 0 Å². The van der Waals surface area contributed by atoms with Crippen LogP contribution in [0.4, 0.5) is 0 Å². The topological polar surface area (TPSA) is 64.4 Å². The van der Waals surface area contributed by atoms with Crippen molar-refractivity contribution in [2.75, 3.05) is 13.7 Å². The zero-order valence-electron chi connectivity index (χ0n) is 15.7. The molecule has 1 aromatic heterocycles. The van der Waals surface area contributed by atoms with E-state index in [1.807, 2.05) is 36.4 Å². The summed E-state index contributed by atoms with van der Waals surface area (Å²) in [6.07, 6.45) is 3.36. The number of rotatable bonds is 8. The molecule has 0 fully saturated rings. The fraction of sp³-hybridized carbons (Fsp3) is 0.273. The van der Waals surface area contributed by atoms with E-state index in [0.717, 1.165) is 17.7 Å². The number of ether oxygens (including phenoxy) is 1. The molecule has 0 unspecified atom stereocenters. The minimum atomic E-state index is 0.00721. The Labute approximate surface area is 159 Å². The van der Waals surface area contributed by atoms with Gasteiger partial charge in [0.15, 0.2) is 11.7 Å². The lowest BCUT2D eigenvalue weighted by molar-refractivity contribution is -0.121. The molecule has 0 aliphatic heterocycles. The van der Waals surface area contributed by atoms with Gasteiger partial charge >= 0.3 is 0 Å². The van der Waals surface area contributed by atoms with Gasteiger partial charge in [-0.05, 0) is 48.7 Å². The molecule has 0 aliphatic rings. The summed E-state index contributed by atoms with van der Waals surface area (Å²) in [5, 5.41) is 2.96. The van der Waals surface area contributed by atoms with Crippen LogP contribution < -0.4 is 10.1 Å². The first kappa shape index (κ1) is 18.7. The minimum Gasteiger partial charge on any atom is -0.497 e. The SMILES string of the molecule is COc1ccc(-c2cnc(CCC(=O)NCCc3ccccc3C)o2)cc1. The second-order valence-corrected chi connectivity index (χ2v) is 6.37. The molecule has 140 valence electrons. The van der Waals surface area contributed by atoms with Gasteiger partial charge in [0.2, 0.25) is 5.91 Å². The highest BCUT2D eigenvalue weighted by atomic mass is 16.5. The van der Waals surface area contributed by atoms with Crippen LogP contribution in [0.15, 0.2) is 59.1 Å². The summed E-state index contributed by atoms with van der Waals surface area (Å²) in [6, 6.07) is 15.8. The number of hydrogen-bond acceptors (Lipinski definition) is 4. The van der Waals surface area contributed by atoms with Crippen LogP contribution in [0.5, 0.6) is 5.75 Å². The van der Waals surface area contributed by atoms with Gasteiger partial charge in [-0.2, -0.15) is 0 Å². The number of methoxy groups -OCH3 is 1. The summed E-state index contributed by atoms with van der Waals surface area (Å²) in [4.78, 5) is 16.3. The number of hydrogen-bond donors (Lipinski definition) is 1. The van der Waals surface area contributed by atoms with E-state index >= 15 is 0 Å². The summed E-state index contributed by atoms with van der Waals surface area (Å²) < 4.78 is 10.9. The van der Waals surface area contributed by atoms with Gasteiger partial charge in [0.05, 0.1) is 13.3 Å². The Balaban J connectivity index is 1.45. The van der Waals surface area contributed by atoms with Crippen molar-refractivity contribution in [3.8, 4) is 17.1 Å². The van der Waals surface area contributed by atoms with E-state index in [-0.39, 0.29) is 5.91 Å². The minimum absolute atomic E-state index is 0.00721. The Bertz CT molecular complexity index is 885. The summed E-state index contributed by atoms with van der Waals surface area (Å²) >= 11 is 0. The second kappa shape index (κ2) is 9.03. The number of benzene rings is 2. The molecule has 3 aromatic rings. The maximum atomic E-state index is 12.0. The number of nitrogens with one attached hydrogen (secondary N) is 1. The number of nitrogens with zero attached hydrogens (tertiary/aromatic N) is 1. The third kappa shape index (κ3) is 5.20. The van der Waals surface area contributed by atoms with Crippen molar-refractivity contribution in [3.63, 3.8) is 0 Å². The van der Waals surface area contributed by atoms with Gasteiger partial charge in [-0.3, -0.25) is 4.79 Å². The molecule has 0 saturated carbocycles. The second-order valence-electron chi connectivity index (χ2n) is 6.37. The Hall–Kier alpha value is -3.08. The number of carbonyl (C=O) groups excluding carboxylic acids is 1. The smallest absolute Gasteiger partial charge is 0.220 e. The lowest BCUT2D eigenvalue weighted by Gasteiger charge is -2.07. The maximum absolute atomic E-state index is 12.0. The van der Waals surface area contributed by atoms with Gasteiger partial charge in [0.1, 0.15) is 5.75 Å². The van der Waals surface area contributed by atoms with Crippen molar-refractivity contribution < 1.29 is 13.9 Å². The normalized spacial score (nSPS) is 10.6. The highest BCUT2D eigenvalue weighted by Crippen LogP contribution is 2.23. The van der Waals surface area contributed by atoms with Crippen LogP contribution in [0, 0.1) is 6.92 Å². The molecule has 2 aromatic carbocycles. The van der Waals surface area contributed by atoms with Gasteiger partial charge in [-0.1, -0.05) is 24.3 Å². The van der Waals surface area contributed by atoms with Crippen molar-refractivity contribution in [2.45, 2.75) is 26.2 Å². The molecule has 5 nitrogen and oxygen atoms in total. The zero-order valence-corrected chi connectivity index (χ0v) is 15.7. The molecule has 0 aliphatic carbocycles. The summed E-state index contributed by atoms with van der Waals surface area (Å²) in [6.45, 7) is 2.71.